The Morgan fingerprint density at radius 2 is 2.36 bits per heavy atom. The van der Waals surface area contributed by atoms with E-state index < -0.39 is 4.92 Å². The maximum atomic E-state index is 10.5. The summed E-state index contributed by atoms with van der Waals surface area (Å²) in [6.07, 6.45) is 1.47. The van der Waals surface area contributed by atoms with Gasteiger partial charge in [0.15, 0.2) is 0 Å². The van der Waals surface area contributed by atoms with Crippen LogP contribution in [0.15, 0.2) is 24.5 Å². The fraction of sp³-hybridized carbons (Fsp3) is 0.125. The largest absolute Gasteiger partial charge is 0.416 e. The van der Waals surface area contributed by atoms with Gasteiger partial charge in [0.1, 0.15) is 19.0 Å². The molecule has 0 radical (unpaired) electrons. The van der Waals surface area contributed by atoms with Gasteiger partial charge in [-0.3, -0.25) is 10.1 Å². The summed E-state index contributed by atoms with van der Waals surface area (Å²) >= 11 is 0. The Balaban J connectivity index is 2.67. The van der Waals surface area contributed by atoms with Gasteiger partial charge in [0, 0.05) is 12.1 Å². The molecule has 0 aliphatic carbocycles. The van der Waals surface area contributed by atoms with Gasteiger partial charge in [-0.2, -0.15) is 4.73 Å². The molecular weight excluding hydrogens is 186 g/mol. The highest BCUT2D eigenvalue weighted by atomic mass is 16.6. The quantitative estimate of drug-likeness (QED) is 0.527. The fourth-order valence-electron chi connectivity index (χ4n) is 1.23. The van der Waals surface area contributed by atoms with E-state index in [1.807, 2.05) is 0 Å². The molecule has 0 saturated heterocycles. The van der Waals surface area contributed by atoms with Crippen LogP contribution >= 0.6 is 0 Å². The minimum Gasteiger partial charge on any atom is -0.416 e. The van der Waals surface area contributed by atoms with Crippen molar-refractivity contribution >= 4 is 16.7 Å². The second-order valence-electron chi connectivity index (χ2n) is 2.68. The molecule has 6 heteroatoms. The molecule has 0 bridgehead atoms. The van der Waals surface area contributed by atoms with Crippen molar-refractivity contribution in [3.63, 3.8) is 0 Å². The molecule has 0 unspecified atom stereocenters. The minimum atomic E-state index is -0.452. The number of benzene rings is 1. The summed E-state index contributed by atoms with van der Waals surface area (Å²) in [7, 11) is 1.47. The molecule has 2 aromatic rings. The van der Waals surface area contributed by atoms with Crippen LogP contribution in [0.5, 0.6) is 0 Å². The average Bonchev–Trinajstić information content (AvgIpc) is 2.59. The first-order valence-electron chi connectivity index (χ1n) is 3.88. The summed E-state index contributed by atoms with van der Waals surface area (Å²) in [5.74, 6) is 0. The number of hydrogen-bond acceptors (Lipinski definition) is 4. The molecule has 0 fully saturated rings. The van der Waals surface area contributed by atoms with Gasteiger partial charge in [-0.15, -0.1) is 0 Å². The number of non-ortho nitro benzene ring substituents is 1. The lowest BCUT2D eigenvalue weighted by molar-refractivity contribution is -0.384. The third-order valence-electron chi connectivity index (χ3n) is 1.91. The fourth-order valence-corrected chi connectivity index (χ4v) is 1.23. The lowest BCUT2D eigenvalue weighted by Crippen LogP contribution is -2.03. The summed E-state index contributed by atoms with van der Waals surface area (Å²) in [6, 6.07) is 4.42. The highest BCUT2D eigenvalue weighted by molar-refractivity contribution is 5.77. The first-order chi connectivity index (χ1) is 6.72. The Kier molecular flexibility index (Phi) is 1.81. The van der Waals surface area contributed by atoms with Crippen molar-refractivity contribution in [2.24, 2.45) is 0 Å². The van der Waals surface area contributed by atoms with Gasteiger partial charge < -0.3 is 4.84 Å². The molecular formula is C8H7N3O3. The van der Waals surface area contributed by atoms with Crippen LogP contribution in [0.1, 0.15) is 0 Å². The third-order valence-corrected chi connectivity index (χ3v) is 1.91. The van der Waals surface area contributed by atoms with E-state index >= 15 is 0 Å². The van der Waals surface area contributed by atoms with E-state index in [-0.39, 0.29) is 5.69 Å². The zero-order valence-corrected chi connectivity index (χ0v) is 7.38. The van der Waals surface area contributed by atoms with Gasteiger partial charge in [0.2, 0.25) is 0 Å². The molecule has 0 aliphatic rings. The second-order valence-corrected chi connectivity index (χ2v) is 2.68. The number of nitro benzene ring substituents is 1. The van der Waals surface area contributed by atoms with Gasteiger partial charge in [-0.1, -0.05) is 0 Å². The predicted octanol–water partition coefficient (Wildman–Crippen LogP) is 1.00. The summed E-state index contributed by atoms with van der Waals surface area (Å²) in [6.45, 7) is 0. The van der Waals surface area contributed by atoms with E-state index in [1.165, 1.54) is 30.3 Å². The van der Waals surface area contributed by atoms with Crippen LogP contribution in [0.3, 0.4) is 0 Å². The van der Waals surface area contributed by atoms with E-state index in [0.29, 0.717) is 11.0 Å². The van der Waals surface area contributed by atoms with E-state index in [4.69, 9.17) is 4.84 Å². The Morgan fingerprint density at radius 1 is 1.57 bits per heavy atom. The number of nitro groups is 1. The van der Waals surface area contributed by atoms with E-state index in [2.05, 4.69) is 4.98 Å². The van der Waals surface area contributed by atoms with Crippen molar-refractivity contribution in [1.29, 1.82) is 0 Å². The molecule has 14 heavy (non-hydrogen) atoms. The average molecular weight is 193 g/mol. The zero-order chi connectivity index (χ0) is 10.1. The molecule has 1 aromatic carbocycles. The molecule has 0 spiro atoms. The van der Waals surface area contributed by atoms with Crippen molar-refractivity contribution in [1.82, 2.24) is 9.71 Å². The lowest BCUT2D eigenvalue weighted by Gasteiger charge is -1.99. The van der Waals surface area contributed by atoms with E-state index in [0.717, 1.165) is 0 Å². The Hall–Kier alpha value is -2.11. The van der Waals surface area contributed by atoms with Gasteiger partial charge in [-0.05, 0) is 6.07 Å². The van der Waals surface area contributed by atoms with Gasteiger partial charge in [0.05, 0.1) is 10.4 Å². The van der Waals surface area contributed by atoms with Crippen molar-refractivity contribution in [3.05, 3.63) is 34.6 Å². The molecule has 1 aromatic heterocycles. The van der Waals surface area contributed by atoms with Crippen LogP contribution in [-0.4, -0.2) is 21.7 Å². The molecule has 2 rings (SSSR count). The first-order valence-corrected chi connectivity index (χ1v) is 3.88. The number of aromatic nitrogens is 2. The molecule has 6 nitrogen and oxygen atoms in total. The van der Waals surface area contributed by atoms with Crippen LogP contribution in [0.25, 0.3) is 11.0 Å². The molecule has 0 aliphatic heterocycles. The number of fused-ring (bicyclic) bond motifs is 1. The summed E-state index contributed by atoms with van der Waals surface area (Å²) < 4.78 is 1.38. The lowest BCUT2D eigenvalue weighted by atomic mass is 10.3. The Labute approximate surface area is 78.8 Å². The Bertz CT molecular complexity index is 492. The molecule has 0 saturated carbocycles. The number of rotatable bonds is 2. The standard InChI is InChI=1S/C8H7N3O3/c1-14-10-5-9-7-3-2-6(11(12)13)4-8(7)10/h2-5H,1H3. The maximum absolute atomic E-state index is 10.5. The van der Waals surface area contributed by atoms with Crippen LogP contribution in [0, 0.1) is 10.1 Å². The topological polar surface area (TPSA) is 70.2 Å². The number of hydrogen-bond donors (Lipinski definition) is 0. The normalized spacial score (nSPS) is 10.4. The van der Waals surface area contributed by atoms with Gasteiger partial charge in [-0.25, -0.2) is 4.98 Å². The highest BCUT2D eigenvalue weighted by Gasteiger charge is 2.09. The van der Waals surface area contributed by atoms with Gasteiger partial charge >= 0.3 is 0 Å². The maximum Gasteiger partial charge on any atom is 0.271 e. The molecule has 0 N–H and O–H groups in total. The second kappa shape index (κ2) is 2.99. The summed E-state index contributed by atoms with van der Waals surface area (Å²) in [5.41, 5.74) is 1.27. The molecule has 0 amide bonds. The van der Waals surface area contributed by atoms with Crippen LogP contribution in [0.4, 0.5) is 5.69 Å². The highest BCUT2D eigenvalue weighted by Crippen LogP contribution is 2.18. The number of imidazole rings is 1. The SMILES string of the molecule is COn1cnc2ccc([N+](=O)[O-])cc21. The summed E-state index contributed by atoms with van der Waals surface area (Å²) in [5, 5.41) is 10.5. The van der Waals surface area contributed by atoms with Crippen molar-refractivity contribution in [2.75, 3.05) is 7.11 Å². The van der Waals surface area contributed by atoms with Crippen molar-refractivity contribution < 1.29 is 9.76 Å². The summed E-state index contributed by atoms with van der Waals surface area (Å²) in [4.78, 5) is 19.0. The van der Waals surface area contributed by atoms with Crippen molar-refractivity contribution in [2.45, 2.75) is 0 Å². The predicted molar refractivity (Wildman–Crippen MR) is 48.9 cm³/mol. The van der Waals surface area contributed by atoms with E-state index in [1.54, 1.807) is 6.07 Å². The molecule has 0 atom stereocenters. The smallest absolute Gasteiger partial charge is 0.271 e. The van der Waals surface area contributed by atoms with Crippen LogP contribution in [0.2, 0.25) is 0 Å². The molecule has 1 heterocycles. The monoisotopic (exact) mass is 193 g/mol. The number of nitrogens with zero attached hydrogens (tertiary/aromatic N) is 3. The van der Waals surface area contributed by atoms with Crippen LogP contribution < -0.4 is 4.84 Å². The van der Waals surface area contributed by atoms with Crippen molar-refractivity contribution in [3.8, 4) is 0 Å². The van der Waals surface area contributed by atoms with Crippen LogP contribution in [-0.2, 0) is 0 Å². The molecule has 72 valence electrons. The first kappa shape index (κ1) is 8.49. The van der Waals surface area contributed by atoms with Gasteiger partial charge in [0.25, 0.3) is 5.69 Å². The zero-order valence-electron chi connectivity index (χ0n) is 7.38. The minimum absolute atomic E-state index is 0.0244. The third kappa shape index (κ3) is 1.17. The Morgan fingerprint density at radius 3 is 3.00 bits per heavy atom. The van der Waals surface area contributed by atoms with E-state index in [9.17, 15) is 10.1 Å².